The highest BCUT2D eigenvalue weighted by atomic mass is 35.5. The van der Waals surface area contributed by atoms with Gasteiger partial charge >= 0.3 is 0 Å². The monoisotopic (exact) mass is 435 g/mol. The molecule has 0 atom stereocenters. The first kappa shape index (κ1) is 20.2. The van der Waals surface area contributed by atoms with Gasteiger partial charge in [-0.05, 0) is 48.5 Å². The maximum atomic E-state index is 12.1. The standard InChI is InChI=1S/C18H15Cl2N5O2S/c19-12-3-1-11(2-4-12)17(27)21-9-15-23-18(25-24-15)28-10-16(26)22-14-7-5-13(20)6-8-14/h1-8H,9-10H2,(H,21,27)(H,22,26)(H,23,24,25). The molecule has 3 rings (SSSR count). The Kier molecular flexibility index (Phi) is 6.91. The maximum absolute atomic E-state index is 12.1. The van der Waals surface area contributed by atoms with Crippen LogP contribution in [-0.4, -0.2) is 32.7 Å². The summed E-state index contributed by atoms with van der Waals surface area (Å²) in [6, 6.07) is 13.4. The number of hydrogen-bond donors (Lipinski definition) is 3. The second-order valence-corrected chi connectivity index (χ2v) is 7.41. The Morgan fingerprint density at radius 3 is 2.32 bits per heavy atom. The van der Waals surface area contributed by atoms with Crippen LogP contribution in [0.25, 0.3) is 0 Å². The number of H-pyrrole nitrogens is 1. The molecule has 10 heteroatoms. The fourth-order valence-electron chi connectivity index (χ4n) is 2.15. The van der Waals surface area contributed by atoms with Crippen LogP contribution in [0.3, 0.4) is 0 Å². The maximum Gasteiger partial charge on any atom is 0.251 e. The van der Waals surface area contributed by atoms with E-state index in [4.69, 9.17) is 23.2 Å². The second-order valence-electron chi connectivity index (χ2n) is 5.60. The van der Waals surface area contributed by atoms with Crippen molar-refractivity contribution in [2.75, 3.05) is 11.1 Å². The van der Waals surface area contributed by atoms with Gasteiger partial charge in [-0.1, -0.05) is 35.0 Å². The van der Waals surface area contributed by atoms with Gasteiger partial charge in [0.2, 0.25) is 11.1 Å². The molecule has 2 amide bonds. The zero-order valence-electron chi connectivity index (χ0n) is 14.4. The number of nitrogens with zero attached hydrogens (tertiary/aromatic N) is 2. The lowest BCUT2D eigenvalue weighted by Gasteiger charge is -2.04. The number of aromatic amines is 1. The molecule has 0 saturated heterocycles. The Morgan fingerprint density at radius 2 is 1.64 bits per heavy atom. The molecule has 2 aromatic carbocycles. The summed E-state index contributed by atoms with van der Waals surface area (Å²) in [6.45, 7) is 0.186. The Morgan fingerprint density at radius 1 is 1.00 bits per heavy atom. The summed E-state index contributed by atoms with van der Waals surface area (Å²) in [5, 5.41) is 13.8. The number of anilines is 1. The van der Waals surface area contributed by atoms with Gasteiger partial charge in [0.1, 0.15) is 5.82 Å². The quantitative estimate of drug-likeness (QED) is 0.490. The number of halogens is 2. The number of rotatable bonds is 7. The van der Waals surface area contributed by atoms with Gasteiger partial charge in [-0.3, -0.25) is 14.7 Å². The van der Waals surface area contributed by atoms with Crippen molar-refractivity contribution in [1.82, 2.24) is 20.5 Å². The third kappa shape index (κ3) is 5.98. The number of carbonyl (C=O) groups excluding carboxylic acids is 2. The molecule has 0 aliphatic heterocycles. The zero-order valence-corrected chi connectivity index (χ0v) is 16.7. The molecule has 144 valence electrons. The van der Waals surface area contributed by atoms with Gasteiger partial charge < -0.3 is 10.6 Å². The molecule has 7 nitrogen and oxygen atoms in total. The van der Waals surface area contributed by atoms with Gasteiger partial charge in [0.25, 0.3) is 5.91 Å². The van der Waals surface area contributed by atoms with Gasteiger partial charge in [0.05, 0.1) is 12.3 Å². The van der Waals surface area contributed by atoms with Crippen molar-refractivity contribution in [2.45, 2.75) is 11.7 Å². The third-order valence-electron chi connectivity index (χ3n) is 3.49. The minimum atomic E-state index is -0.246. The summed E-state index contributed by atoms with van der Waals surface area (Å²) in [6.07, 6.45) is 0. The summed E-state index contributed by atoms with van der Waals surface area (Å²) >= 11 is 12.8. The van der Waals surface area contributed by atoms with E-state index in [1.165, 1.54) is 11.8 Å². The average Bonchev–Trinajstić information content (AvgIpc) is 3.15. The van der Waals surface area contributed by atoms with Crippen LogP contribution in [0.1, 0.15) is 16.2 Å². The number of amides is 2. The van der Waals surface area contributed by atoms with Crippen LogP contribution in [0.5, 0.6) is 0 Å². The zero-order chi connectivity index (χ0) is 19.9. The van der Waals surface area contributed by atoms with E-state index in [9.17, 15) is 9.59 Å². The number of thioether (sulfide) groups is 1. The molecule has 1 heterocycles. The largest absolute Gasteiger partial charge is 0.345 e. The molecule has 0 aliphatic carbocycles. The highest BCUT2D eigenvalue weighted by Crippen LogP contribution is 2.16. The molecule has 0 aliphatic rings. The van der Waals surface area contributed by atoms with E-state index in [-0.39, 0.29) is 24.1 Å². The Bertz CT molecular complexity index is 961. The molecule has 0 bridgehead atoms. The van der Waals surface area contributed by atoms with E-state index in [2.05, 4.69) is 25.8 Å². The predicted molar refractivity (Wildman–Crippen MR) is 110 cm³/mol. The van der Waals surface area contributed by atoms with E-state index < -0.39 is 0 Å². The summed E-state index contributed by atoms with van der Waals surface area (Å²) in [7, 11) is 0. The van der Waals surface area contributed by atoms with Crippen LogP contribution >= 0.6 is 35.0 Å². The van der Waals surface area contributed by atoms with Gasteiger partial charge in [-0.15, -0.1) is 5.10 Å². The van der Waals surface area contributed by atoms with Crippen molar-refractivity contribution in [2.24, 2.45) is 0 Å². The van der Waals surface area contributed by atoms with E-state index in [0.717, 1.165) is 0 Å². The molecule has 0 fully saturated rings. The molecule has 1 aromatic heterocycles. The van der Waals surface area contributed by atoms with Crippen molar-refractivity contribution in [3.05, 3.63) is 70.0 Å². The molecule has 0 radical (unpaired) electrons. The molecular formula is C18H15Cl2N5O2S. The van der Waals surface area contributed by atoms with Crippen LogP contribution in [0.4, 0.5) is 5.69 Å². The van der Waals surface area contributed by atoms with Crippen LogP contribution in [0.2, 0.25) is 10.0 Å². The average molecular weight is 436 g/mol. The van der Waals surface area contributed by atoms with E-state index in [0.29, 0.717) is 32.3 Å². The van der Waals surface area contributed by atoms with Gasteiger partial charge in [0, 0.05) is 21.3 Å². The van der Waals surface area contributed by atoms with Crippen molar-refractivity contribution in [1.29, 1.82) is 0 Å². The SMILES string of the molecule is O=C(CSc1n[nH]c(CNC(=O)c2ccc(Cl)cc2)n1)Nc1ccc(Cl)cc1. The number of hydrogen-bond acceptors (Lipinski definition) is 5. The van der Waals surface area contributed by atoms with Crippen molar-refractivity contribution < 1.29 is 9.59 Å². The smallest absolute Gasteiger partial charge is 0.251 e. The molecule has 0 unspecified atom stereocenters. The van der Waals surface area contributed by atoms with E-state index >= 15 is 0 Å². The summed E-state index contributed by atoms with van der Waals surface area (Å²) < 4.78 is 0. The van der Waals surface area contributed by atoms with Crippen molar-refractivity contribution >= 4 is 52.5 Å². The van der Waals surface area contributed by atoms with Crippen molar-refractivity contribution in [3.63, 3.8) is 0 Å². The number of carbonyl (C=O) groups is 2. The highest BCUT2D eigenvalue weighted by molar-refractivity contribution is 7.99. The summed E-state index contributed by atoms with van der Waals surface area (Å²) in [5.74, 6) is 0.207. The number of benzene rings is 2. The van der Waals surface area contributed by atoms with Crippen molar-refractivity contribution in [3.8, 4) is 0 Å². The van der Waals surface area contributed by atoms with E-state index in [1.54, 1.807) is 48.5 Å². The second kappa shape index (κ2) is 9.59. The fourth-order valence-corrected chi connectivity index (χ4v) is 3.02. The first-order valence-corrected chi connectivity index (χ1v) is 9.87. The first-order chi connectivity index (χ1) is 13.5. The lowest BCUT2D eigenvalue weighted by atomic mass is 10.2. The first-order valence-electron chi connectivity index (χ1n) is 8.13. The Balaban J connectivity index is 1.44. The molecule has 28 heavy (non-hydrogen) atoms. The summed E-state index contributed by atoms with van der Waals surface area (Å²) in [5.41, 5.74) is 1.16. The summed E-state index contributed by atoms with van der Waals surface area (Å²) in [4.78, 5) is 28.3. The van der Waals surface area contributed by atoms with Crippen LogP contribution < -0.4 is 10.6 Å². The molecule has 3 N–H and O–H groups in total. The van der Waals surface area contributed by atoms with Gasteiger partial charge in [0.15, 0.2) is 0 Å². The lowest BCUT2D eigenvalue weighted by Crippen LogP contribution is -2.23. The molecular weight excluding hydrogens is 421 g/mol. The number of aromatic nitrogens is 3. The lowest BCUT2D eigenvalue weighted by molar-refractivity contribution is -0.113. The van der Waals surface area contributed by atoms with Crippen LogP contribution in [0.15, 0.2) is 53.7 Å². The topological polar surface area (TPSA) is 99.8 Å². The van der Waals surface area contributed by atoms with Crippen LogP contribution in [-0.2, 0) is 11.3 Å². The van der Waals surface area contributed by atoms with Gasteiger partial charge in [-0.2, -0.15) is 0 Å². The normalized spacial score (nSPS) is 10.5. The van der Waals surface area contributed by atoms with Gasteiger partial charge in [-0.25, -0.2) is 4.98 Å². The molecule has 3 aromatic rings. The third-order valence-corrected chi connectivity index (χ3v) is 4.85. The van der Waals surface area contributed by atoms with E-state index in [1.807, 2.05) is 0 Å². The number of nitrogens with one attached hydrogen (secondary N) is 3. The fraction of sp³-hybridized carbons (Fsp3) is 0.111. The van der Waals surface area contributed by atoms with Crippen LogP contribution in [0, 0.1) is 0 Å². The minimum absolute atomic E-state index is 0.150. The Hall–Kier alpha value is -2.55. The Labute approximate surface area is 175 Å². The highest BCUT2D eigenvalue weighted by Gasteiger charge is 2.10. The predicted octanol–water partition coefficient (Wildman–Crippen LogP) is 3.77. The minimum Gasteiger partial charge on any atom is -0.345 e. The molecule has 0 saturated carbocycles. The molecule has 0 spiro atoms.